The number of alkyl halides is 1. The Bertz CT molecular complexity index is 308. The van der Waals surface area contributed by atoms with Gasteiger partial charge in [-0.25, -0.2) is 0 Å². The van der Waals surface area contributed by atoms with Crippen LogP contribution in [0.1, 0.15) is 15.9 Å². The first-order valence-corrected chi connectivity index (χ1v) is 5.65. The van der Waals surface area contributed by atoms with Gasteiger partial charge in [0.2, 0.25) is 0 Å². The second-order valence-electron chi connectivity index (χ2n) is 3.28. The molecular formula is C11H14BrNO. The van der Waals surface area contributed by atoms with Crippen LogP contribution in [0, 0.1) is 6.92 Å². The highest BCUT2D eigenvalue weighted by molar-refractivity contribution is 9.09. The van der Waals surface area contributed by atoms with Crippen molar-refractivity contribution in [2.75, 3.05) is 18.9 Å². The zero-order chi connectivity index (χ0) is 10.6. The molecule has 0 aliphatic carbocycles. The fourth-order valence-corrected chi connectivity index (χ4v) is 1.68. The first kappa shape index (κ1) is 11.2. The van der Waals surface area contributed by atoms with Crippen molar-refractivity contribution in [3.63, 3.8) is 0 Å². The molecule has 14 heavy (non-hydrogen) atoms. The number of nitrogens with zero attached hydrogens (tertiary/aromatic N) is 1. The first-order chi connectivity index (χ1) is 6.65. The van der Waals surface area contributed by atoms with E-state index in [9.17, 15) is 4.79 Å². The van der Waals surface area contributed by atoms with Gasteiger partial charge in [-0.2, -0.15) is 0 Å². The molecule has 0 unspecified atom stereocenters. The molecule has 0 saturated carbocycles. The van der Waals surface area contributed by atoms with Gasteiger partial charge < -0.3 is 4.90 Å². The van der Waals surface area contributed by atoms with Crippen LogP contribution in [0.3, 0.4) is 0 Å². The molecule has 76 valence electrons. The summed E-state index contributed by atoms with van der Waals surface area (Å²) in [5.74, 6) is 0.0736. The van der Waals surface area contributed by atoms with E-state index in [1.165, 1.54) is 5.56 Å². The van der Waals surface area contributed by atoms with Crippen LogP contribution in [-0.2, 0) is 0 Å². The number of aryl methyl sites for hydroxylation is 1. The zero-order valence-electron chi connectivity index (χ0n) is 8.46. The van der Waals surface area contributed by atoms with Crippen LogP contribution in [0.2, 0.25) is 0 Å². The number of amides is 1. The van der Waals surface area contributed by atoms with Crippen LogP contribution in [0.4, 0.5) is 0 Å². The Morgan fingerprint density at radius 2 is 1.93 bits per heavy atom. The maximum absolute atomic E-state index is 11.8. The lowest BCUT2D eigenvalue weighted by Crippen LogP contribution is -2.28. The van der Waals surface area contributed by atoms with Gasteiger partial charge in [0.25, 0.3) is 5.91 Å². The normalized spacial score (nSPS) is 9.93. The number of benzene rings is 1. The lowest BCUT2D eigenvalue weighted by molar-refractivity contribution is 0.0804. The average molecular weight is 256 g/mol. The summed E-state index contributed by atoms with van der Waals surface area (Å²) >= 11 is 3.31. The van der Waals surface area contributed by atoms with Gasteiger partial charge in [-0.3, -0.25) is 4.79 Å². The molecule has 0 bridgehead atoms. The van der Waals surface area contributed by atoms with Crippen LogP contribution in [0.5, 0.6) is 0 Å². The molecule has 1 rings (SSSR count). The molecule has 1 amide bonds. The third-order valence-corrected chi connectivity index (χ3v) is 2.42. The fraction of sp³-hybridized carbons (Fsp3) is 0.364. The number of hydrogen-bond acceptors (Lipinski definition) is 1. The third kappa shape index (κ3) is 2.84. The van der Waals surface area contributed by atoms with Crippen molar-refractivity contribution in [3.8, 4) is 0 Å². The molecule has 0 spiro atoms. The molecule has 1 aromatic carbocycles. The molecule has 0 aromatic heterocycles. The van der Waals surface area contributed by atoms with Gasteiger partial charge in [-0.15, -0.1) is 0 Å². The van der Waals surface area contributed by atoms with Crippen LogP contribution >= 0.6 is 15.9 Å². The van der Waals surface area contributed by atoms with Gasteiger partial charge in [0.1, 0.15) is 0 Å². The lowest BCUT2D eigenvalue weighted by atomic mass is 10.1. The van der Waals surface area contributed by atoms with E-state index >= 15 is 0 Å². The van der Waals surface area contributed by atoms with Crippen LogP contribution in [-0.4, -0.2) is 29.7 Å². The standard InChI is InChI=1S/C11H14BrNO/c1-9-3-5-10(6-4-9)11(14)13(2)8-7-12/h3-6H,7-8H2,1-2H3. The SMILES string of the molecule is Cc1ccc(C(=O)N(C)CCBr)cc1. The summed E-state index contributed by atoms with van der Waals surface area (Å²) in [5, 5.41) is 0.807. The summed E-state index contributed by atoms with van der Waals surface area (Å²) in [7, 11) is 1.81. The predicted octanol–water partition coefficient (Wildman–Crippen LogP) is 2.46. The summed E-state index contributed by atoms with van der Waals surface area (Å²) in [4.78, 5) is 13.5. The van der Waals surface area contributed by atoms with Gasteiger partial charge in [0.05, 0.1) is 0 Å². The summed E-state index contributed by atoms with van der Waals surface area (Å²) in [6.45, 7) is 2.74. The molecular weight excluding hydrogens is 242 g/mol. The summed E-state index contributed by atoms with van der Waals surface area (Å²) in [5.41, 5.74) is 1.92. The Morgan fingerprint density at radius 1 is 1.36 bits per heavy atom. The molecule has 3 heteroatoms. The topological polar surface area (TPSA) is 20.3 Å². The van der Waals surface area contributed by atoms with E-state index in [1.807, 2.05) is 38.2 Å². The van der Waals surface area contributed by atoms with Crippen LogP contribution in [0.25, 0.3) is 0 Å². The molecule has 0 aliphatic rings. The molecule has 2 nitrogen and oxygen atoms in total. The van der Waals surface area contributed by atoms with Crippen molar-refractivity contribution >= 4 is 21.8 Å². The van der Waals surface area contributed by atoms with E-state index in [0.717, 1.165) is 17.4 Å². The molecule has 0 saturated heterocycles. The van der Waals surface area contributed by atoms with Crippen LogP contribution < -0.4 is 0 Å². The highest BCUT2D eigenvalue weighted by Crippen LogP contribution is 2.06. The van der Waals surface area contributed by atoms with E-state index in [4.69, 9.17) is 0 Å². The molecule has 0 N–H and O–H groups in total. The van der Waals surface area contributed by atoms with Crippen molar-refractivity contribution < 1.29 is 4.79 Å². The Kier molecular flexibility index (Phi) is 4.14. The van der Waals surface area contributed by atoms with Crippen molar-refractivity contribution in [2.24, 2.45) is 0 Å². The number of halogens is 1. The Balaban J connectivity index is 2.74. The van der Waals surface area contributed by atoms with Gasteiger partial charge in [0.15, 0.2) is 0 Å². The zero-order valence-corrected chi connectivity index (χ0v) is 10.0. The predicted molar refractivity (Wildman–Crippen MR) is 61.9 cm³/mol. The lowest BCUT2D eigenvalue weighted by Gasteiger charge is -2.15. The maximum Gasteiger partial charge on any atom is 0.253 e. The van der Waals surface area contributed by atoms with E-state index in [1.54, 1.807) is 4.90 Å². The summed E-state index contributed by atoms with van der Waals surface area (Å²) < 4.78 is 0. The Hall–Kier alpha value is -0.830. The van der Waals surface area contributed by atoms with Gasteiger partial charge in [-0.1, -0.05) is 33.6 Å². The van der Waals surface area contributed by atoms with E-state index in [0.29, 0.717) is 0 Å². The van der Waals surface area contributed by atoms with Crippen molar-refractivity contribution in [1.82, 2.24) is 4.90 Å². The fourth-order valence-electron chi connectivity index (χ4n) is 1.14. The average Bonchev–Trinajstić information content (AvgIpc) is 2.18. The first-order valence-electron chi connectivity index (χ1n) is 4.53. The molecule has 0 aliphatic heterocycles. The van der Waals surface area contributed by atoms with Crippen molar-refractivity contribution in [3.05, 3.63) is 35.4 Å². The molecule has 1 aromatic rings. The van der Waals surface area contributed by atoms with Crippen molar-refractivity contribution in [1.29, 1.82) is 0 Å². The third-order valence-electron chi connectivity index (χ3n) is 2.07. The van der Waals surface area contributed by atoms with Gasteiger partial charge >= 0.3 is 0 Å². The molecule has 0 fully saturated rings. The van der Waals surface area contributed by atoms with E-state index in [-0.39, 0.29) is 5.91 Å². The maximum atomic E-state index is 11.8. The molecule has 0 radical (unpaired) electrons. The smallest absolute Gasteiger partial charge is 0.253 e. The number of carbonyl (C=O) groups is 1. The second kappa shape index (κ2) is 5.15. The minimum atomic E-state index is 0.0736. The number of rotatable bonds is 3. The van der Waals surface area contributed by atoms with Gasteiger partial charge in [-0.05, 0) is 19.1 Å². The van der Waals surface area contributed by atoms with Crippen molar-refractivity contribution in [2.45, 2.75) is 6.92 Å². The highest BCUT2D eigenvalue weighted by Gasteiger charge is 2.09. The summed E-state index contributed by atoms with van der Waals surface area (Å²) in [6.07, 6.45) is 0. The largest absolute Gasteiger partial charge is 0.341 e. The quantitative estimate of drug-likeness (QED) is 0.761. The molecule has 0 atom stereocenters. The number of hydrogen-bond donors (Lipinski definition) is 0. The minimum Gasteiger partial charge on any atom is -0.341 e. The van der Waals surface area contributed by atoms with E-state index < -0.39 is 0 Å². The highest BCUT2D eigenvalue weighted by atomic mass is 79.9. The van der Waals surface area contributed by atoms with Gasteiger partial charge in [0, 0.05) is 24.5 Å². The van der Waals surface area contributed by atoms with Crippen LogP contribution in [0.15, 0.2) is 24.3 Å². The molecule has 0 heterocycles. The minimum absolute atomic E-state index is 0.0736. The summed E-state index contributed by atoms with van der Waals surface area (Å²) in [6, 6.07) is 7.63. The monoisotopic (exact) mass is 255 g/mol. The number of carbonyl (C=O) groups excluding carboxylic acids is 1. The second-order valence-corrected chi connectivity index (χ2v) is 4.07. The Morgan fingerprint density at radius 3 is 2.43 bits per heavy atom. The Labute approximate surface area is 93.0 Å². The van der Waals surface area contributed by atoms with E-state index in [2.05, 4.69) is 15.9 Å².